The van der Waals surface area contributed by atoms with Crippen molar-refractivity contribution in [2.75, 3.05) is 6.61 Å². The number of rotatable bonds is 7. The number of benzene rings is 3. The van der Waals surface area contributed by atoms with Crippen molar-refractivity contribution in [3.8, 4) is 6.07 Å². The SMILES string of the molecule is N#CC1(Br)O[C@H](COC(=O)c2ccccc2)[C@@H](OC(=O)c2ccccc2)[C@H]1OC(=O)c1ccccc1. The lowest BCUT2D eigenvalue weighted by Crippen LogP contribution is -2.44. The molecule has 3 aromatic rings. The van der Waals surface area contributed by atoms with Crippen LogP contribution in [0.5, 0.6) is 0 Å². The normalized spacial score (nSPS) is 22.7. The number of esters is 3. The summed E-state index contributed by atoms with van der Waals surface area (Å²) in [5.41, 5.74) is 0.790. The van der Waals surface area contributed by atoms with Gasteiger partial charge in [0.25, 0.3) is 4.51 Å². The number of hydrogen-bond donors (Lipinski definition) is 0. The Morgan fingerprint density at radius 1 is 0.778 bits per heavy atom. The minimum absolute atomic E-state index is 0.234. The van der Waals surface area contributed by atoms with Crippen molar-refractivity contribution in [2.45, 2.75) is 22.8 Å². The molecule has 4 atom stereocenters. The van der Waals surface area contributed by atoms with Crippen LogP contribution in [-0.4, -0.2) is 47.3 Å². The fourth-order valence-electron chi connectivity index (χ4n) is 3.60. The number of nitrogens with zero attached hydrogens (tertiary/aromatic N) is 1. The molecule has 0 bridgehead atoms. The van der Waals surface area contributed by atoms with Gasteiger partial charge in [0.2, 0.25) is 0 Å². The molecule has 1 unspecified atom stereocenters. The molecule has 0 aromatic heterocycles. The lowest BCUT2D eigenvalue weighted by Gasteiger charge is -2.25. The van der Waals surface area contributed by atoms with E-state index < -0.39 is 40.7 Å². The molecule has 1 aliphatic heterocycles. The summed E-state index contributed by atoms with van der Waals surface area (Å²) in [5, 5.41) is 9.86. The third kappa shape index (κ3) is 5.62. The van der Waals surface area contributed by atoms with Gasteiger partial charge in [-0.25, -0.2) is 14.4 Å². The molecule has 4 rings (SSSR count). The van der Waals surface area contributed by atoms with Crippen LogP contribution in [0.15, 0.2) is 91.0 Å². The van der Waals surface area contributed by atoms with Gasteiger partial charge in [0, 0.05) is 0 Å². The first kappa shape index (κ1) is 25.1. The van der Waals surface area contributed by atoms with Crippen LogP contribution in [0.4, 0.5) is 0 Å². The molecule has 1 saturated heterocycles. The molecule has 182 valence electrons. The molecular formula is C27H20BrNO7. The molecule has 1 fully saturated rings. The van der Waals surface area contributed by atoms with E-state index in [9.17, 15) is 19.6 Å². The minimum Gasteiger partial charge on any atom is -0.459 e. The fourth-order valence-corrected chi connectivity index (χ4v) is 4.19. The predicted octanol–water partition coefficient (Wildman–Crippen LogP) is 4.31. The van der Waals surface area contributed by atoms with E-state index in [0.29, 0.717) is 5.56 Å². The molecule has 9 heteroatoms. The number of carbonyl (C=O) groups excluding carboxylic acids is 3. The summed E-state index contributed by atoms with van der Waals surface area (Å²) < 4.78 is 20.6. The van der Waals surface area contributed by atoms with E-state index in [1.54, 1.807) is 91.0 Å². The third-order valence-electron chi connectivity index (χ3n) is 5.39. The zero-order valence-electron chi connectivity index (χ0n) is 18.8. The third-order valence-corrected chi connectivity index (χ3v) is 6.21. The van der Waals surface area contributed by atoms with Crippen LogP contribution < -0.4 is 0 Å². The average Bonchev–Trinajstić information content (AvgIpc) is 3.19. The minimum atomic E-state index is -1.86. The first-order chi connectivity index (χ1) is 17.4. The molecule has 8 nitrogen and oxygen atoms in total. The molecule has 36 heavy (non-hydrogen) atoms. The largest absolute Gasteiger partial charge is 0.459 e. The van der Waals surface area contributed by atoms with Gasteiger partial charge < -0.3 is 18.9 Å². The molecule has 1 aliphatic rings. The summed E-state index contributed by atoms with van der Waals surface area (Å²) in [6.45, 7) is -0.366. The van der Waals surface area contributed by atoms with E-state index >= 15 is 0 Å². The van der Waals surface area contributed by atoms with E-state index in [4.69, 9.17) is 18.9 Å². The summed E-state index contributed by atoms with van der Waals surface area (Å²) in [5.74, 6) is -2.10. The predicted molar refractivity (Wildman–Crippen MR) is 130 cm³/mol. The summed E-state index contributed by atoms with van der Waals surface area (Å²) >= 11 is 3.20. The highest BCUT2D eigenvalue weighted by molar-refractivity contribution is 9.10. The first-order valence-electron chi connectivity index (χ1n) is 10.9. The second kappa shape index (κ2) is 11.2. The Morgan fingerprint density at radius 2 is 1.22 bits per heavy atom. The molecule has 0 aliphatic carbocycles. The van der Waals surface area contributed by atoms with E-state index in [1.807, 2.05) is 6.07 Å². The molecule has 0 N–H and O–H groups in total. The smallest absolute Gasteiger partial charge is 0.338 e. The van der Waals surface area contributed by atoms with Crippen molar-refractivity contribution in [1.29, 1.82) is 5.26 Å². The van der Waals surface area contributed by atoms with Crippen LogP contribution in [0.3, 0.4) is 0 Å². The highest BCUT2D eigenvalue weighted by Gasteiger charge is 2.59. The van der Waals surface area contributed by atoms with Crippen molar-refractivity contribution < 1.29 is 33.3 Å². The van der Waals surface area contributed by atoms with Crippen LogP contribution in [0.25, 0.3) is 0 Å². The monoisotopic (exact) mass is 549 g/mol. The lowest BCUT2D eigenvalue weighted by atomic mass is 10.1. The van der Waals surface area contributed by atoms with Gasteiger partial charge >= 0.3 is 17.9 Å². The molecule has 0 radical (unpaired) electrons. The van der Waals surface area contributed by atoms with Crippen molar-refractivity contribution in [1.82, 2.24) is 0 Å². The second-order valence-electron chi connectivity index (χ2n) is 7.81. The molecule has 0 amide bonds. The standard InChI is InChI=1S/C27H20BrNO7/c28-27(17-29)23(35-26(32)20-14-8-3-9-15-20)22(34-25(31)19-12-6-2-7-13-19)21(36-27)16-33-24(30)18-10-4-1-5-11-18/h1-15,21-23H,16H2/t21-,22-,23-,27?/m1/s1. The first-order valence-corrected chi connectivity index (χ1v) is 11.7. The Labute approximate surface area is 215 Å². The number of hydrogen-bond acceptors (Lipinski definition) is 8. The second-order valence-corrected chi connectivity index (χ2v) is 8.98. The number of ether oxygens (including phenoxy) is 4. The van der Waals surface area contributed by atoms with E-state index in [-0.39, 0.29) is 17.7 Å². The van der Waals surface area contributed by atoms with Crippen LogP contribution >= 0.6 is 15.9 Å². The van der Waals surface area contributed by atoms with E-state index in [0.717, 1.165) is 0 Å². The highest BCUT2D eigenvalue weighted by Crippen LogP contribution is 2.40. The number of halogens is 1. The zero-order valence-corrected chi connectivity index (χ0v) is 20.4. The van der Waals surface area contributed by atoms with Gasteiger partial charge in [-0.1, -0.05) is 54.6 Å². The van der Waals surface area contributed by atoms with E-state index in [1.165, 1.54) is 0 Å². The van der Waals surface area contributed by atoms with Crippen LogP contribution in [0.2, 0.25) is 0 Å². The summed E-state index contributed by atoms with van der Waals surface area (Å²) in [4.78, 5) is 38.2. The summed E-state index contributed by atoms with van der Waals surface area (Å²) in [7, 11) is 0. The quantitative estimate of drug-likeness (QED) is 0.243. The Balaban J connectivity index is 1.59. The number of alkyl halides is 1. The van der Waals surface area contributed by atoms with Crippen molar-refractivity contribution in [3.63, 3.8) is 0 Å². The average molecular weight is 550 g/mol. The van der Waals surface area contributed by atoms with Crippen molar-refractivity contribution in [3.05, 3.63) is 108 Å². The van der Waals surface area contributed by atoms with Gasteiger partial charge in [0.1, 0.15) is 18.8 Å². The van der Waals surface area contributed by atoms with Crippen molar-refractivity contribution in [2.24, 2.45) is 0 Å². The Hall–Kier alpha value is -4.00. The van der Waals surface area contributed by atoms with E-state index in [2.05, 4.69) is 15.9 Å². The molecule has 0 spiro atoms. The van der Waals surface area contributed by atoms with Gasteiger partial charge in [-0.05, 0) is 52.3 Å². The highest BCUT2D eigenvalue weighted by atomic mass is 79.9. The van der Waals surface area contributed by atoms with Gasteiger partial charge in [-0.3, -0.25) is 0 Å². The summed E-state index contributed by atoms with van der Waals surface area (Å²) in [6.07, 6.45) is -3.76. The van der Waals surface area contributed by atoms with Crippen molar-refractivity contribution >= 4 is 33.8 Å². The molecule has 0 saturated carbocycles. The van der Waals surface area contributed by atoms with Crippen LogP contribution in [0.1, 0.15) is 31.1 Å². The maximum atomic E-state index is 12.9. The fraction of sp³-hybridized carbons (Fsp3) is 0.185. The summed E-state index contributed by atoms with van der Waals surface area (Å²) in [6, 6.07) is 26.5. The Morgan fingerprint density at radius 3 is 1.69 bits per heavy atom. The maximum Gasteiger partial charge on any atom is 0.338 e. The topological polar surface area (TPSA) is 112 Å². The van der Waals surface area contributed by atoms with Crippen LogP contribution in [0, 0.1) is 11.3 Å². The van der Waals surface area contributed by atoms with Gasteiger partial charge in [0.05, 0.1) is 16.7 Å². The molecule has 1 heterocycles. The van der Waals surface area contributed by atoms with Gasteiger partial charge in [-0.15, -0.1) is 0 Å². The number of nitriles is 1. The Bertz CT molecular complexity index is 1260. The molecular weight excluding hydrogens is 530 g/mol. The Kier molecular flexibility index (Phi) is 7.78. The zero-order chi connectivity index (χ0) is 25.5. The lowest BCUT2D eigenvalue weighted by molar-refractivity contribution is -0.0442. The molecule has 3 aromatic carbocycles. The van der Waals surface area contributed by atoms with Gasteiger partial charge in [0.15, 0.2) is 12.2 Å². The van der Waals surface area contributed by atoms with Gasteiger partial charge in [-0.2, -0.15) is 5.26 Å². The maximum absolute atomic E-state index is 12.9. The number of carbonyl (C=O) groups is 3. The van der Waals surface area contributed by atoms with Crippen LogP contribution in [-0.2, 0) is 18.9 Å².